The molecule has 3 aromatic carbocycles. The Kier molecular flexibility index (Phi) is 10.5. The summed E-state index contributed by atoms with van der Waals surface area (Å²) in [6, 6.07) is 19.7. The summed E-state index contributed by atoms with van der Waals surface area (Å²) in [4.78, 5) is 6.90. The topological polar surface area (TPSA) is 68.6 Å². The van der Waals surface area contributed by atoms with Gasteiger partial charge >= 0.3 is 0 Å². The van der Waals surface area contributed by atoms with Gasteiger partial charge in [-0.1, -0.05) is 36.4 Å². The number of para-hydroxylation sites is 2. The molecular formula is C30H37Cl2N3O4. The molecule has 0 unspecified atom stereocenters. The summed E-state index contributed by atoms with van der Waals surface area (Å²) in [7, 11) is 3.12. The Morgan fingerprint density at radius 3 is 1.69 bits per heavy atom. The van der Waals surface area contributed by atoms with E-state index in [0.717, 1.165) is 55.0 Å². The van der Waals surface area contributed by atoms with Crippen molar-refractivity contribution in [3.63, 3.8) is 0 Å². The molecule has 1 saturated heterocycles. The highest BCUT2D eigenvalue weighted by Gasteiger charge is 2.32. The Labute approximate surface area is 241 Å². The van der Waals surface area contributed by atoms with Gasteiger partial charge in [0.1, 0.15) is 0 Å². The van der Waals surface area contributed by atoms with Gasteiger partial charge < -0.3 is 24.6 Å². The van der Waals surface area contributed by atoms with Crippen LogP contribution in [0.15, 0.2) is 60.7 Å². The number of halogens is 2. The summed E-state index contributed by atoms with van der Waals surface area (Å²) in [6.07, 6.45) is 0.863. The molecule has 210 valence electrons. The summed E-state index contributed by atoms with van der Waals surface area (Å²) >= 11 is 12.1. The zero-order valence-electron chi connectivity index (χ0n) is 22.5. The average molecular weight is 575 g/mol. The van der Waals surface area contributed by atoms with Gasteiger partial charge in [0.2, 0.25) is 0 Å². The monoisotopic (exact) mass is 573 g/mol. The number of phenols is 2. The highest BCUT2D eigenvalue weighted by molar-refractivity contribution is 6.18. The summed E-state index contributed by atoms with van der Waals surface area (Å²) in [6.45, 7) is 4.24. The lowest BCUT2D eigenvalue weighted by molar-refractivity contribution is -0.00984. The van der Waals surface area contributed by atoms with Crippen molar-refractivity contribution in [3.05, 3.63) is 77.4 Å². The molecule has 2 N–H and O–H groups in total. The van der Waals surface area contributed by atoms with Crippen LogP contribution < -0.4 is 14.4 Å². The normalized spacial score (nSPS) is 14.9. The molecule has 0 saturated carbocycles. The van der Waals surface area contributed by atoms with Crippen molar-refractivity contribution in [1.29, 1.82) is 0 Å². The second-order valence-electron chi connectivity index (χ2n) is 9.56. The first-order valence-corrected chi connectivity index (χ1v) is 14.2. The molecule has 9 heteroatoms. The van der Waals surface area contributed by atoms with Crippen LogP contribution in [0.3, 0.4) is 0 Å². The zero-order chi connectivity index (χ0) is 27.8. The molecule has 0 spiro atoms. The Morgan fingerprint density at radius 1 is 0.769 bits per heavy atom. The largest absolute Gasteiger partial charge is 0.504 e. The van der Waals surface area contributed by atoms with Crippen LogP contribution in [0.5, 0.6) is 23.0 Å². The molecule has 0 bridgehead atoms. The Hall–Kier alpha value is -2.84. The van der Waals surface area contributed by atoms with Crippen LogP contribution in [0.1, 0.15) is 29.3 Å². The molecular weight excluding hydrogens is 537 g/mol. The number of benzene rings is 3. The number of hydrogen-bond donors (Lipinski definition) is 2. The van der Waals surface area contributed by atoms with Crippen molar-refractivity contribution in [2.75, 3.05) is 57.1 Å². The van der Waals surface area contributed by atoms with E-state index in [2.05, 4.69) is 39.0 Å². The van der Waals surface area contributed by atoms with Crippen LogP contribution in [-0.4, -0.2) is 72.2 Å². The van der Waals surface area contributed by atoms with Gasteiger partial charge in [-0.3, -0.25) is 9.80 Å². The van der Waals surface area contributed by atoms with E-state index in [0.29, 0.717) is 36.3 Å². The maximum Gasteiger partial charge on any atom is 0.162 e. The highest BCUT2D eigenvalue weighted by Crippen LogP contribution is 2.38. The van der Waals surface area contributed by atoms with Crippen LogP contribution in [0.25, 0.3) is 0 Å². The van der Waals surface area contributed by atoms with Crippen LogP contribution in [0.2, 0.25) is 0 Å². The molecule has 1 heterocycles. The summed E-state index contributed by atoms with van der Waals surface area (Å²) < 4.78 is 10.7. The van der Waals surface area contributed by atoms with Crippen molar-refractivity contribution in [2.24, 2.45) is 0 Å². The first kappa shape index (κ1) is 29.2. The van der Waals surface area contributed by atoms with Crippen molar-refractivity contribution < 1.29 is 19.7 Å². The molecule has 0 radical (unpaired) electrons. The lowest BCUT2D eigenvalue weighted by Gasteiger charge is -2.44. The fraction of sp³-hybridized carbons (Fsp3) is 0.400. The molecule has 1 aliphatic rings. The number of phenolic OH excluding ortho intramolecular Hbond substituents is 2. The van der Waals surface area contributed by atoms with Gasteiger partial charge in [-0.2, -0.15) is 0 Å². The van der Waals surface area contributed by atoms with Crippen LogP contribution in [-0.2, 0) is 13.1 Å². The standard InChI is InChI=1S/C30H37Cl2N3O4/c1-38-26-8-3-6-23(28(26)36)20-34-16-5-17-35(21-24-7-4-9-27(39-2)29(24)37)30(34)22-10-12-25(13-11-22)33(18-14-31)19-15-32/h3-4,6-13,30,36-37H,5,14-21H2,1-2H3. The predicted molar refractivity (Wildman–Crippen MR) is 158 cm³/mol. The van der Waals surface area contributed by atoms with E-state index in [1.807, 2.05) is 24.3 Å². The smallest absolute Gasteiger partial charge is 0.162 e. The third-order valence-electron chi connectivity index (χ3n) is 7.20. The van der Waals surface area contributed by atoms with Gasteiger partial charge in [0.25, 0.3) is 0 Å². The number of ether oxygens (including phenoxy) is 2. The third kappa shape index (κ3) is 6.84. The minimum atomic E-state index is -0.0847. The summed E-state index contributed by atoms with van der Waals surface area (Å²) in [5.41, 5.74) is 3.81. The molecule has 3 aromatic rings. The van der Waals surface area contributed by atoms with E-state index in [-0.39, 0.29) is 17.7 Å². The Morgan fingerprint density at radius 2 is 1.26 bits per heavy atom. The maximum absolute atomic E-state index is 10.8. The molecule has 1 fully saturated rings. The molecule has 1 aliphatic heterocycles. The van der Waals surface area contributed by atoms with Crippen molar-refractivity contribution >= 4 is 28.9 Å². The van der Waals surface area contributed by atoms with Gasteiger partial charge in [-0.15, -0.1) is 23.2 Å². The average Bonchev–Trinajstić information content (AvgIpc) is 2.95. The molecule has 0 aliphatic carbocycles. The van der Waals surface area contributed by atoms with E-state index in [1.165, 1.54) is 0 Å². The van der Waals surface area contributed by atoms with Crippen molar-refractivity contribution in [1.82, 2.24) is 9.80 Å². The summed E-state index contributed by atoms with van der Waals surface area (Å²) in [5, 5.41) is 21.7. The number of rotatable bonds is 12. The minimum absolute atomic E-state index is 0.0847. The second-order valence-corrected chi connectivity index (χ2v) is 10.3. The molecule has 7 nitrogen and oxygen atoms in total. The molecule has 4 rings (SSSR count). The number of alkyl halides is 2. The first-order chi connectivity index (χ1) is 19.0. The van der Waals surface area contributed by atoms with Crippen LogP contribution in [0.4, 0.5) is 5.69 Å². The predicted octanol–water partition coefficient (Wildman–Crippen LogP) is 5.81. The molecule has 39 heavy (non-hydrogen) atoms. The minimum Gasteiger partial charge on any atom is -0.504 e. The second kappa shape index (κ2) is 14.0. The van der Waals surface area contributed by atoms with Crippen LogP contribution in [0, 0.1) is 0 Å². The molecule has 0 aromatic heterocycles. The number of nitrogens with zero attached hydrogens (tertiary/aromatic N) is 3. The summed E-state index contributed by atoms with van der Waals surface area (Å²) in [5.74, 6) is 2.29. The molecule has 0 amide bonds. The van der Waals surface area contributed by atoms with Gasteiger partial charge in [0.15, 0.2) is 23.0 Å². The van der Waals surface area contributed by atoms with E-state index in [4.69, 9.17) is 32.7 Å². The molecule has 0 atom stereocenters. The third-order valence-corrected chi connectivity index (χ3v) is 7.54. The Balaban J connectivity index is 1.69. The number of methoxy groups -OCH3 is 2. The van der Waals surface area contributed by atoms with Crippen molar-refractivity contribution in [2.45, 2.75) is 25.7 Å². The van der Waals surface area contributed by atoms with Gasteiger partial charge in [0, 0.05) is 67.8 Å². The van der Waals surface area contributed by atoms with Crippen molar-refractivity contribution in [3.8, 4) is 23.0 Å². The van der Waals surface area contributed by atoms with Gasteiger partial charge in [-0.25, -0.2) is 0 Å². The first-order valence-electron chi connectivity index (χ1n) is 13.1. The maximum atomic E-state index is 10.8. The lowest BCUT2D eigenvalue weighted by atomic mass is 10.0. The number of aromatic hydroxyl groups is 2. The van der Waals surface area contributed by atoms with E-state index >= 15 is 0 Å². The zero-order valence-corrected chi connectivity index (χ0v) is 24.0. The number of hydrogen-bond acceptors (Lipinski definition) is 7. The van der Waals surface area contributed by atoms with Crippen LogP contribution >= 0.6 is 23.2 Å². The van der Waals surface area contributed by atoms with Gasteiger partial charge in [0.05, 0.1) is 20.4 Å². The SMILES string of the molecule is COc1cccc(CN2CCCN(Cc3cccc(OC)c3O)C2c2ccc(N(CCCl)CCCl)cc2)c1O. The van der Waals surface area contributed by atoms with E-state index in [9.17, 15) is 10.2 Å². The fourth-order valence-corrected chi connectivity index (χ4v) is 5.70. The lowest BCUT2D eigenvalue weighted by Crippen LogP contribution is -2.46. The Bertz CT molecular complexity index is 1140. The highest BCUT2D eigenvalue weighted by atomic mass is 35.5. The van der Waals surface area contributed by atoms with Gasteiger partial charge in [-0.05, 0) is 36.2 Å². The fourth-order valence-electron chi connectivity index (χ4n) is 5.29. The van der Waals surface area contributed by atoms with E-state index < -0.39 is 0 Å². The quantitative estimate of drug-likeness (QED) is 0.265. The van der Waals surface area contributed by atoms with E-state index in [1.54, 1.807) is 26.4 Å². The number of anilines is 1.